The predicted octanol–water partition coefficient (Wildman–Crippen LogP) is 6.84. The molecule has 0 unspecified atom stereocenters. The number of nitro groups is 1. The molecular weight excluding hydrogens is 452 g/mol. The third-order valence-electron chi connectivity index (χ3n) is 4.09. The van der Waals surface area contributed by atoms with Crippen LogP contribution in [-0.4, -0.2) is 17.8 Å². The summed E-state index contributed by atoms with van der Waals surface area (Å²) in [6.07, 6.45) is 0. The molecule has 0 heterocycles. The van der Waals surface area contributed by atoms with Crippen molar-refractivity contribution in [1.29, 1.82) is 0 Å². The topological polar surface area (TPSA) is 87.9 Å². The summed E-state index contributed by atoms with van der Waals surface area (Å²) in [5.74, 6) is -0.292. The SMILES string of the molecule is COc1ccc(Oc2c(Cl)cc([N+](=O)[O-])cc2Cl)cc1Oc1cc(F)ccc1C(C)=O. The maximum atomic E-state index is 13.7. The van der Waals surface area contributed by atoms with Crippen molar-refractivity contribution in [2.45, 2.75) is 6.92 Å². The monoisotopic (exact) mass is 465 g/mol. The number of benzene rings is 3. The van der Waals surface area contributed by atoms with E-state index in [4.69, 9.17) is 37.4 Å². The number of non-ortho nitro benzene ring substituents is 1. The molecule has 7 nitrogen and oxygen atoms in total. The van der Waals surface area contributed by atoms with Gasteiger partial charge in [-0.1, -0.05) is 23.2 Å². The molecular formula is C21H14Cl2FNO6. The summed E-state index contributed by atoms with van der Waals surface area (Å²) >= 11 is 12.2. The van der Waals surface area contributed by atoms with Crippen molar-refractivity contribution < 1.29 is 28.3 Å². The van der Waals surface area contributed by atoms with E-state index < -0.39 is 10.7 Å². The van der Waals surface area contributed by atoms with E-state index in [2.05, 4.69) is 0 Å². The van der Waals surface area contributed by atoms with Crippen molar-refractivity contribution in [3.63, 3.8) is 0 Å². The van der Waals surface area contributed by atoms with Gasteiger partial charge in [0.2, 0.25) is 0 Å². The van der Waals surface area contributed by atoms with E-state index in [-0.39, 0.29) is 55.8 Å². The number of carbonyl (C=O) groups is 1. The quantitative estimate of drug-likeness (QED) is 0.215. The van der Waals surface area contributed by atoms with Crippen LogP contribution >= 0.6 is 23.2 Å². The zero-order chi connectivity index (χ0) is 22.7. The molecule has 0 N–H and O–H groups in total. The van der Waals surface area contributed by atoms with Crippen LogP contribution < -0.4 is 14.2 Å². The van der Waals surface area contributed by atoms with Crippen molar-refractivity contribution in [2.24, 2.45) is 0 Å². The lowest BCUT2D eigenvalue weighted by Crippen LogP contribution is -1.99. The zero-order valence-corrected chi connectivity index (χ0v) is 17.7. The fourth-order valence-electron chi connectivity index (χ4n) is 2.66. The molecule has 0 fully saturated rings. The minimum Gasteiger partial charge on any atom is -0.493 e. The molecule has 0 saturated carbocycles. The molecule has 0 radical (unpaired) electrons. The minimum absolute atomic E-state index is 0.000214. The molecule has 0 aromatic heterocycles. The largest absolute Gasteiger partial charge is 0.493 e. The molecule has 0 amide bonds. The van der Waals surface area contributed by atoms with Crippen molar-refractivity contribution >= 4 is 34.7 Å². The van der Waals surface area contributed by atoms with Crippen LogP contribution in [0.25, 0.3) is 0 Å². The Morgan fingerprint density at radius 3 is 2.23 bits per heavy atom. The van der Waals surface area contributed by atoms with E-state index >= 15 is 0 Å². The molecule has 0 spiro atoms. The molecule has 0 aliphatic rings. The van der Waals surface area contributed by atoms with Gasteiger partial charge in [0, 0.05) is 24.3 Å². The first-order valence-electron chi connectivity index (χ1n) is 8.67. The van der Waals surface area contributed by atoms with Crippen LogP contribution in [-0.2, 0) is 0 Å². The Kier molecular flexibility index (Phi) is 6.62. The van der Waals surface area contributed by atoms with Gasteiger partial charge in [0.05, 0.1) is 27.6 Å². The summed E-state index contributed by atoms with van der Waals surface area (Å²) in [4.78, 5) is 22.1. The van der Waals surface area contributed by atoms with Crippen molar-refractivity contribution in [3.8, 4) is 28.7 Å². The van der Waals surface area contributed by atoms with Crippen LogP contribution in [0.4, 0.5) is 10.1 Å². The van der Waals surface area contributed by atoms with E-state index in [1.54, 1.807) is 0 Å². The maximum Gasteiger partial charge on any atom is 0.272 e. The summed E-state index contributed by atoms with van der Waals surface area (Å²) in [7, 11) is 1.41. The first kappa shape index (κ1) is 22.3. The lowest BCUT2D eigenvalue weighted by molar-refractivity contribution is -0.384. The second-order valence-corrected chi connectivity index (χ2v) is 7.02. The summed E-state index contributed by atoms with van der Waals surface area (Å²) in [6, 6.07) is 10.2. The number of Topliss-reactive ketones (excluding diaryl/α,β-unsaturated/α-hetero) is 1. The summed E-state index contributed by atoms with van der Waals surface area (Å²) in [5.41, 5.74) is -0.111. The van der Waals surface area contributed by atoms with Crippen molar-refractivity contribution in [2.75, 3.05) is 7.11 Å². The minimum atomic E-state index is -0.632. The van der Waals surface area contributed by atoms with Crippen LogP contribution in [0.5, 0.6) is 28.7 Å². The van der Waals surface area contributed by atoms with E-state index in [1.165, 1.54) is 38.3 Å². The Morgan fingerprint density at radius 2 is 1.65 bits per heavy atom. The van der Waals surface area contributed by atoms with Gasteiger partial charge in [-0.25, -0.2) is 4.39 Å². The van der Waals surface area contributed by atoms with Crippen LogP contribution in [0.1, 0.15) is 17.3 Å². The number of rotatable bonds is 7. The van der Waals surface area contributed by atoms with E-state index in [0.717, 1.165) is 24.3 Å². The standard InChI is InChI=1S/C21H14Cl2FNO6/c1-11(26)15-5-3-12(24)7-19(15)31-20-10-14(4-6-18(20)29-2)30-21-16(22)8-13(25(27)28)9-17(21)23/h3-10H,1-2H3. The molecule has 3 rings (SSSR count). The fraction of sp³-hybridized carbons (Fsp3) is 0.0952. The first-order valence-corrected chi connectivity index (χ1v) is 9.43. The van der Waals surface area contributed by atoms with Crippen LogP contribution in [0.3, 0.4) is 0 Å². The summed E-state index contributed by atoms with van der Waals surface area (Å²) in [6.45, 7) is 1.33. The van der Waals surface area contributed by atoms with Gasteiger partial charge >= 0.3 is 0 Å². The molecule has 0 saturated heterocycles. The van der Waals surface area contributed by atoms with E-state index in [9.17, 15) is 19.3 Å². The van der Waals surface area contributed by atoms with Gasteiger partial charge in [0.1, 0.15) is 17.3 Å². The maximum absolute atomic E-state index is 13.7. The summed E-state index contributed by atoms with van der Waals surface area (Å²) < 4.78 is 30.4. The lowest BCUT2D eigenvalue weighted by Gasteiger charge is -2.15. The highest BCUT2D eigenvalue weighted by atomic mass is 35.5. The van der Waals surface area contributed by atoms with E-state index in [0.29, 0.717) is 0 Å². The molecule has 0 aliphatic heterocycles. The number of halogens is 3. The van der Waals surface area contributed by atoms with Gasteiger partial charge in [-0.3, -0.25) is 14.9 Å². The fourth-order valence-corrected chi connectivity index (χ4v) is 3.21. The van der Waals surface area contributed by atoms with Crippen LogP contribution in [0, 0.1) is 15.9 Å². The smallest absolute Gasteiger partial charge is 0.272 e. The Balaban J connectivity index is 1.99. The number of ketones is 1. The predicted molar refractivity (Wildman–Crippen MR) is 113 cm³/mol. The van der Waals surface area contributed by atoms with Gasteiger partial charge in [-0.15, -0.1) is 0 Å². The van der Waals surface area contributed by atoms with Gasteiger partial charge in [0.25, 0.3) is 5.69 Å². The number of nitro benzene ring substituents is 1. The number of methoxy groups -OCH3 is 1. The van der Waals surface area contributed by atoms with Gasteiger partial charge < -0.3 is 14.2 Å². The average molecular weight is 466 g/mol. The Labute approximate surface area is 186 Å². The highest BCUT2D eigenvalue weighted by Crippen LogP contribution is 2.42. The first-order chi connectivity index (χ1) is 14.7. The number of ether oxygens (including phenoxy) is 3. The normalized spacial score (nSPS) is 10.5. The second-order valence-electron chi connectivity index (χ2n) is 6.21. The number of carbonyl (C=O) groups excluding carboxylic acids is 1. The average Bonchev–Trinajstić information content (AvgIpc) is 2.70. The molecule has 31 heavy (non-hydrogen) atoms. The molecule has 160 valence electrons. The summed E-state index contributed by atoms with van der Waals surface area (Å²) in [5, 5.41) is 10.8. The number of nitrogens with zero attached hydrogens (tertiary/aromatic N) is 1. The number of hydrogen-bond acceptors (Lipinski definition) is 6. The van der Waals surface area contributed by atoms with E-state index in [1.807, 2.05) is 0 Å². The lowest BCUT2D eigenvalue weighted by atomic mass is 10.1. The molecule has 3 aromatic carbocycles. The highest BCUT2D eigenvalue weighted by Gasteiger charge is 2.18. The third-order valence-corrected chi connectivity index (χ3v) is 4.65. The number of hydrogen-bond donors (Lipinski definition) is 0. The van der Waals surface area contributed by atoms with Crippen molar-refractivity contribution in [3.05, 3.63) is 80.1 Å². The third kappa shape index (κ3) is 5.04. The van der Waals surface area contributed by atoms with Crippen LogP contribution in [0.15, 0.2) is 48.5 Å². The van der Waals surface area contributed by atoms with Crippen LogP contribution in [0.2, 0.25) is 10.0 Å². The molecule has 3 aromatic rings. The van der Waals surface area contributed by atoms with Crippen molar-refractivity contribution in [1.82, 2.24) is 0 Å². The Morgan fingerprint density at radius 1 is 0.968 bits per heavy atom. The molecule has 0 atom stereocenters. The van der Waals surface area contributed by atoms with Gasteiger partial charge in [-0.2, -0.15) is 0 Å². The molecule has 0 aliphatic carbocycles. The Bertz CT molecular complexity index is 1160. The second kappa shape index (κ2) is 9.20. The van der Waals surface area contributed by atoms with Gasteiger partial charge in [-0.05, 0) is 31.2 Å². The molecule has 10 heteroatoms. The Hall–Kier alpha value is -3.36. The van der Waals surface area contributed by atoms with Gasteiger partial charge in [0.15, 0.2) is 23.0 Å². The zero-order valence-electron chi connectivity index (χ0n) is 16.1. The molecule has 0 bridgehead atoms. The highest BCUT2D eigenvalue weighted by molar-refractivity contribution is 6.37.